The predicted octanol–water partition coefficient (Wildman–Crippen LogP) is 3.36. The third kappa shape index (κ3) is 4.72. The second-order valence-electron chi connectivity index (χ2n) is 6.92. The standard InChI is InChI=1S/C21H26N2O4S/c1-3-27-19-11-10-18(15-20(19)28(25,26)23-12-4-5-13-23)22-21(24)14-17-8-6-16(2)7-9-17/h6-11,15H,3-5,12-14H2,1-2H3,(H,22,24). The molecule has 1 N–H and O–H groups in total. The Kier molecular flexibility index (Phi) is 6.36. The Balaban J connectivity index is 1.82. The predicted molar refractivity (Wildman–Crippen MR) is 109 cm³/mol. The fourth-order valence-electron chi connectivity index (χ4n) is 3.23. The third-order valence-corrected chi connectivity index (χ3v) is 6.62. The van der Waals surface area contributed by atoms with Gasteiger partial charge in [-0.2, -0.15) is 4.31 Å². The Hall–Kier alpha value is -2.38. The zero-order valence-corrected chi connectivity index (χ0v) is 17.1. The molecule has 0 aliphatic carbocycles. The molecule has 0 radical (unpaired) electrons. The lowest BCUT2D eigenvalue weighted by atomic mass is 10.1. The lowest BCUT2D eigenvalue weighted by Crippen LogP contribution is -2.28. The Morgan fingerprint density at radius 1 is 1.11 bits per heavy atom. The van der Waals surface area contributed by atoms with Crippen molar-refractivity contribution in [1.82, 2.24) is 4.31 Å². The largest absolute Gasteiger partial charge is 0.492 e. The molecule has 0 saturated carbocycles. The monoisotopic (exact) mass is 402 g/mol. The number of anilines is 1. The van der Waals surface area contributed by atoms with E-state index in [-0.39, 0.29) is 17.2 Å². The number of nitrogens with zero attached hydrogens (tertiary/aromatic N) is 1. The second-order valence-corrected chi connectivity index (χ2v) is 8.82. The van der Waals surface area contributed by atoms with Crippen molar-refractivity contribution in [1.29, 1.82) is 0 Å². The smallest absolute Gasteiger partial charge is 0.246 e. The molecule has 1 aliphatic rings. The van der Waals surface area contributed by atoms with Crippen LogP contribution < -0.4 is 10.1 Å². The van der Waals surface area contributed by atoms with Crippen molar-refractivity contribution in [2.75, 3.05) is 25.0 Å². The minimum absolute atomic E-state index is 0.101. The second kappa shape index (κ2) is 8.75. The zero-order chi connectivity index (χ0) is 20.1. The van der Waals surface area contributed by atoms with Crippen LogP contribution >= 0.6 is 0 Å². The molecule has 0 bridgehead atoms. The molecule has 2 aromatic rings. The van der Waals surface area contributed by atoms with Crippen LogP contribution in [0.1, 0.15) is 30.9 Å². The minimum Gasteiger partial charge on any atom is -0.492 e. The topological polar surface area (TPSA) is 75.7 Å². The molecule has 1 saturated heterocycles. The van der Waals surface area contributed by atoms with Gasteiger partial charge in [-0.15, -0.1) is 0 Å². The van der Waals surface area contributed by atoms with Gasteiger partial charge in [0.2, 0.25) is 15.9 Å². The third-order valence-electron chi connectivity index (χ3n) is 4.70. The lowest BCUT2D eigenvalue weighted by Gasteiger charge is -2.19. The number of ether oxygens (including phenoxy) is 1. The molecule has 0 atom stereocenters. The Labute approximate surface area is 166 Å². The number of hydrogen-bond acceptors (Lipinski definition) is 4. The van der Waals surface area contributed by atoms with Crippen molar-refractivity contribution in [3.8, 4) is 5.75 Å². The SMILES string of the molecule is CCOc1ccc(NC(=O)Cc2ccc(C)cc2)cc1S(=O)(=O)N1CCCC1. The van der Waals surface area contributed by atoms with Gasteiger partial charge in [0.05, 0.1) is 13.0 Å². The van der Waals surface area contributed by atoms with Crippen molar-refractivity contribution >= 4 is 21.6 Å². The van der Waals surface area contributed by atoms with Crippen molar-refractivity contribution in [2.24, 2.45) is 0 Å². The molecule has 0 aromatic heterocycles. The number of carbonyl (C=O) groups excluding carboxylic acids is 1. The molecule has 7 heteroatoms. The maximum Gasteiger partial charge on any atom is 0.246 e. The number of rotatable bonds is 7. The van der Waals surface area contributed by atoms with Gasteiger partial charge >= 0.3 is 0 Å². The summed E-state index contributed by atoms with van der Waals surface area (Å²) in [6.07, 6.45) is 1.94. The van der Waals surface area contributed by atoms with E-state index in [1.165, 1.54) is 10.4 Å². The molecular weight excluding hydrogens is 376 g/mol. The first kappa shape index (κ1) is 20.4. The fraction of sp³-hybridized carbons (Fsp3) is 0.381. The molecule has 1 fully saturated rings. The first-order chi connectivity index (χ1) is 13.4. The first-order valence-corrected chi connectivity index (χ1v) is 11.0. The highest BCUT2D eigenvalue weighted by Gasteiger charge is 2.30. The summed E-state index contributed by atoms with van der Waals surface area (Å²) >= 11 is 0. The number of hydrogen-bond donors (Lipinski definition) is 1. The molecule has 1 heterocycles. The molecule has 0 spiro atoms. The molecule has 28 heavy (non-hydrogen) atoms. The summed E-state index contributed by atoms with van der Waals surface area (Å²) in [4.78, 5) is 12.5. The van der Waals surface area contributed by atoms with E-state index in [1.54, 1.807) is 12.1 Å². The molecule has 3 rings (SSSR count). The van der Waals surface area contributed by atoms with E-state index in [2.05, 4.69) is 5.32 Å². The molecule has 6 nitrogen and oxygen atoms in total. The van der Waals surface area contributed by atoms with Gasteiger partial charge in [-0.05, 0) is 50.5 Å². The summed E-state index contributed by atoms with van der Waals surface area (Å²) in [6, 6.07) is 12.5. The number of sulfonamides is 1. The molecular formula is C21H26N2O4S. The Morgan fingerprint density at radius 3 is 2.43 bits per heavy atom. The van der Waals surface area contributed by atoms with E-state index < -0.39 is 10.0 Å². The highest BCUT2D eigenvalue weighted by atomic mass is 32.2. The van der Waals surface area contributed by atoms with E-state index in [9.17, 15) is 13.2 Å². The van der Waals surface area contributed by atoms with Crippen LogP contribution in [0.25, 0.3) is 0 Å². The number of aryl methyl sites for hydroxylation is 1. The van der Waals surface area contributed by atoms with E-state index >= 15 is 0 Å². The summed E-state index contributed by atoms with van der Waals surface area (Å²) in [5.41, 5.74) is 2.48. The highest BCUT2D eigenvalue weighted by molar-refractivity contribution is 7.89. The van der Waals surface area contributed by atoms with Gasteiger partial charge in [0.1, 0.15) is 10.6 Å². The van der Waals surface area contributed by atoms with Crippen molar-refractivity contribution < 1.29 is 17.9 Å². The molecule has 0 unspecified atom stereocenters. The summed E-state index contributed by atoms with van der Waals surface area (Å²) in [5.74, 6) is 0.114. The van der Waals surface area contributed by atoms with E-state index in [0.29, 0.717) is 31.1 Å². The average Bonchev–Trinajstić information content (AvgIpc) is 3.20. The van der Waals surface area contributed by atoms with E-state index in [1.807, 2.05) is 38.1 Å². The molecule has 2 aromatic carbocycles. The van der Waals surface area contributed by atoms with Gasteiger partial charge in [-0.3, -0.25) is 4.79 Å². The average molecular weight is 403 g/mol. The maximum absolute atomic E-state index is 13.0. The zero-order valence-electron chi connectivity index (χ0n) is 16.3. The number of carbonyl (C=O) groups is 1. The lowest BCUT2D eigenvalue weighted by molar-refractivity contribution is -0.115. The molecule has 1 aliphatic heterocycles. The van der Waals surface area contributed by atoms with Gasteiger partial charge in [0, 0.05) is 18.8 Å². The van der Waals surface area contributed by atoms with Crippen LogP contribution in [0.2, 0.25) is 0 Å². The Bertz CT molecular complexity index is 933. The number of nitrogens with one attached hydrogen (secondary N) is 1. The van der Waals surface area contributed by atoms with Crippen LogP contribution in [-0.4, -0.2) is 38.3 Å². The van der Waals surface area contributed by atoms with Crippen molar-refractivity contribution in [2.45, 2.75) is 38.0 Å². The molecule has 150 valence electrons. The molecule has 1 amide bonds. The van der Waals surface area contributed by atoms with Crippen LogP contribution in [0.15, 0.2) is 47.4 Å². The summed E-state index contributed by atoms with van der Waals surface area (Å²) in [6.45, 7) is 5.19. The maximum atomic E-state index is 13.0. The van der Waals surface area contributed by atoms with Gasteiger partial charge in [0.25, 0.3) is 0 Å². The highest BCUT2D eigenvalue weighted by Crippen LogP contribution is 2.31. The van der Waals surface area contributed by atoms with Gasteiger partial charge in [-0.1, -0.05) is 29.8 Å². The van der Waals surface area contributed by atoms with Gasteiger partial charge in [0.15, 0.2) is 0 Å². The normalized spacial score (nSPS) is 14.8. The summed E-state index contributed by atoms with van der Waals surface area (Å²) in [7, 11) is -3.66. The van der Waals surface area contributed by atoms with Gasteiger partial charge < -0.3 is 10.1 Å². The van der Waals surface area contributed by atoms with Crippen LogP contribution in [0.5, 0.6) is 5.75 Å². The van der Waals surface area contributed by atoms with Crippen LogP contribution in [0, 0.1) is 6.92 Å². The summed E-state index contributed by atoms with van der Waals surface area (Å²) < 4.78 is 33.1. The van der Waals surface area contributed by atoms with Crippen molar-refractivity contribution in [3.63, 3.8) is 0 Å². The summed E-state index contributed by atoms with van der Waals surface area (Å²) in [5, 5.41) is 2.80. The van der Waals surface area contributed by atoms with Gasteiger partial charge in [-0.25, -0.2) is 8.42 Å². The van der Waals surface area contributed by atoms with E-state index in [4.69, 9.17) is 4.74 Å². The number of amides is 1. The number of benzene rings is 2. The van der Waals surface area contributed by atoms with E-state index in [0.717, 1.165) is 24.0 Å². The Morgan fingerprint density at radius 2 is 1.79 bits per heavy atom. The van der Waals surface area contributed by atoms with Crippen LogP contribution in [0.3, 0.4) is 0 Å². The minimum atomic E-state index is -3.66. The first-order valence-electron chi connectivity index (χ1n) is 9.52. The quantitative estimate of drug-likeness (QED) is 0.771. The van der Waals surface area contributed by atoms with Crippen LogP contribution in [0.4, 0.5) is 5.69 Å². The fourth-order valence-corrected chi connectivity index (χ4v) is 4.90. The van der Waals surface area contributed by atoms with Crippen LogP contribution in [-0.2, 0) is 21.2 Å². The van der Waals surface area contributed by atoms with Crippen molar-refractivity contribution in [3.05, 3.63) is 53.6 Å².